The number of hydrogen-bond donors (Lipinski definition) is 2. The molecule has 17 heavy (non-hydrogen) atoms. The molecule has 2 rings (SSSR count). The van der Waals surface area contributed by atoms with Crippen LogP contribution in [0.5, 0.6) is 5.75 Å². The van der Waals surface area contributed by atoms with Gasteiger partial charge in [0.05, 0.1) is 16.1 Å². The van der Waals surface area contributed by atoms with Crippen LogP contribution < -0.4 is 5.73 Å². The molecule has 92 valence electrons. The smallest absolute Gasteiger partial charge is 0.134 e. The second kappa shape index (κ2) is 5.72. The Morgan fingerprint density at radius 1 is 1.47 bits per heavy atom. The summed E-state index contributed by atoms with van der Waals surface area (Å²) < 4.78 is 0.538. The molecule has 1 atom stereocenters. The van der Waals surface area contributed by atoms with E-state index in [1.54, 1.807) is 12.1 Å². The highest BCUT2D eigenvalue weighted by Crippen LogP contribution is 2.41. The Labute approximate surface area is 115 Å². The highest BCUT2D eigenvalue weighted by molar-refractivity contribution is 9.10. The average Bonchev–Trinajstić information content (AvgIpc) is 2.19. The molecule has 3 nitrogen and oxygen atoms in total. The van der Waals surface area contributed by atoms with Gasteiger partial charge in [-0.15, -0.1) is 12.4 Å². The number of nitrogens with two attached hydrogens (primary N) is 1. The molecule has 1 aromatic carbocycles. The van der Waals surface area contributed by atoms with Gasteiger partial charge in [-0.1, -0.05) is 6.42 Å². The van der Waals surface area contributed by atoms with Gasteiger partial charge in [0.1, 0.15) is 5.75 Å². The first-order valence-electron chi connectivity index (χ1n) is 5.31. The molecule has 0 amide bonds. The molecular weight excluding hydrogens is 304 g/mol. The lowest BCUT2D eigenvalue weighted by molar-refractivity contribution is 0.260. The Morgan fingerprint density at radius 2 is 2.12 bits per heavy atom. The molecule has 0 bridgehead atoms. The van der Waals surface area contributed by atoms with E-state index >= 15 is 0 Å². The van der Waals surface area contributed by atoms with Gasteiger partial charge in [-0.2, -0.15) is 5.26 Å². The van der Waals surface area contributed by atoms with Crippen molar-refractivity contribution < 1.29 is 5.11 Å². The van der Waals surface area contributed by atoms with Crippen LogP contribution in [0.2, 0.25) is 0 Å². The van der Waals surface area contributed by atoms with Crippen LogP contribution in [0, 0.1) is 17.2 Å². The Balaban J connectivity index is 0.00000144. The first-order valence-corrected chi connectivity index (χ1v) is 6.11. The second-order valence-corrected chi connectivity index (χ2v) is 5.08. The molecule has 0 unspecified atom stereocenters. The number of aromatic hydroxyl groups is 1. The molecule has 0 spiro atoms. The van der Waals surface area contributed by atoms with E-state index in [1.165, 1.54) is 6.42 Å². The van der Waals surface area contributed by atoms with Crippen LogP contribution in [0.4, 0.5) is 0 Å². The molecule has 0 radical (unpaired) electrons. The number of phenols is 1. The van der Waals surface area contributed by atoms with Gasteiger partial charge in [-0.05, 0) is 46.8 Å². The van der Waals surface area contributed by atoms with Crippen molar-refractivity contribution >= 4 is 28.3 Å². The van der Waals surface area contributed by atoms with E-state index in [-0.39, 0.29) is 24.2 Å². The monoisotopic (exact) mass is 316 g/mol. The summed E-state index contributed by atoms with van der Waals surface area (Å²) in [6.45, 7) is 0. The highest BCUT2D eigenvalue weighted by Gasteiger charge is 2.28. The Bertz CT molecular complexity index is 455. The molecule has 1 fully saturated rings. The number of benzene rings is 1. The fourth-order valence-electron chi connectivity index (χ4n) is 1.99. The summed E-state index contributed by atoms with van der Waals surface area (Å²) in [6, 6.07) is 5.19. The number of nitrogens with zero attached hydrogens (tertiary/aromatic N) is 1. The van der Waals surface area contributed by atoms with Crippen molar-refractivity contribution in [3.8, 4) is 11.8 Å². The number of halogens is 2. The minimum atomic E-state index is -0.168. The van der Waals surface area contributed by atoms with Crippen molar-refractivity contribution in [3.63, 3.8) is 0 Å². The van der Waals surface area contributed by atoms with Gasteiger partial charge >= 0.3 is 0 Å². The van der Waals surface area contributed by atoms with Crippen LogP contribution in [0.3, 0.4) is 0 Å². The lowest BCUT2D eigenvalue weighted by Gasteiger charge is -2.32. The van der Waals surface area contributed by atoms with Crippen LogP contribution in [-0.2, 0) is 0 Å². The van der Waals surface area contributed by atoms with Gasteiger partial charge in [-0.25, -0.2) is 0 Å². The third-order valence-corrected chi connectivity index (χ3v) is 3.84. The summed E-state index contributed by atoms with van der Waals surface area (Å²) in [7, 11) is 0. The molecule has 1 aliphatic carbocycles. The van der Waals surface area contributed by atoms with Gasteiger partial charge in [0, 0.05) is 11.6 Å². The largest absolute Gasteiger partial charge is 0.506 e. The predicted octanol–water partition coefficient (Wildman–Crippen LogP) is 3.25. The second-order valence-electron chi connectivity index (χ2n) is 4.22. The number of phenolic OH excluding ortho intramolecular Hbond substituents is 1. The summed E-state index contributed by atoms with van der Waals surface area (Å²) in [5, 5.41) is 18.8. The molecule has 1 saturated carbocycles. The van der Waals surface area contributed by atoms with Crippen molar-refractivity contribution in [3.05, 3.63) is 27.7 Å². The molecule has 0 heterocycles. The van der Waals surface area contributed by atoms with E-state index in [2.05, 4.69) is 22.0 Å². The Kier molecular flexibility index (Phi) is 4.81. The maximum Gasteiger partial charge on any atom is 0.134 e. The fraction of sp³-hybridized carbons (Fsp3) is 0.417. The topological polar surface area (TPSA) is 70.0 Å². The minimum absolute atomic E-state index is 0. The Hall–Kier alpha value is -0.760. The van der Waals surface area contributed by atoms with Crippen LogP contribution >= 0.6 is 28.3 Å². The van der Waals surface area contributed by atoms with Crippen molar-refractivity contribution in [2.45, 2.75) is 25.3 Å². The van der Waals surface area contributed by atoms with E-state index < -0.39 is 0 Å². The maximum atomic E-state index is 9.92. The first-order chi connectivity index (χ1) is 7.63. The Morgan fingerprint density at radius 3 is 2.59 bits per heavy atom. The third-order valence-electron chi connectivity index (χ3n) is 3.24. The van der Waals surface area contributed by atoms with Gasteiger partial charge in [0.2, 0.25) is 0 Å². The summed E-state index contributed by atoms with van der Waals surface area (Å²) in [6.07, 6.45) is 3.42. The molecule has 0 aliphatic heterocycles. The van der Waals surface area contributed by atoms with Crippen molar-refractivity contribution in [1.82, 2.24) is 0 Å². The van der Waals surface area contributed by atoms with Gasteiger partial charge in [-0.3, -0.25) is 0 Å². The lowest BCUT2D eigenvalue weighted by atomic mass is 9.77. The molecule has 5 heteroatoms. The van der Waals surface area contributed by atoms with Crippen LogP contribution in [0.25, 0.3) is 0 Å². The molecule has 3 N–H and O–H groups in total. The van der Waals surface area contributed by atoms with Crippen molar-refractivity contribution in [2.24, 2.45) is 11.7 Å². The normalized spacial score (nSPS) is 16.5. The van der Waals surface area contributed by atoms with Gasteiger partial charge in [0.15, 0.2) is 0 Å². The van der Waals surface area contributed by atoms with Crippen LogP contribution in [0.1, 0.15) is 36.4 Å². The molecular formula is C12H14BrClN2O. The summed E-state index contributed by atoms with van der Waals surface area (Å²) >= 11 is 3.24. The van der Waals surface area contributed by atoms with Crippen molar-refractivity contribution in [2.75, 3.05) is 0 Å². The standard InChI is InChI=1S/C12H13BrN2O.ClH/c13-10-5-7(6-14)4-9(12(10)16)11(15)8-2-1-3-8;/h4-5,8,11,16H,1-3,15H2;1H/t11-;/m0./s1. The quantitative estimate of drug-likeness (QED) is 0.879. The van der Waals surface area contributed by atoms with Gasteiger partial charge in [0.25, 0.3) is 0 Å². The van der Waals surface area contributed by atoms with E-state index in [9.17, 15) is 5.11 Å². The molecule has 0 aromatic heterocycles. The summed E-state index contributed by atoms with van der Waals surface area (Å²) in [5.41, 5.74) is 7.30. The molecule has 1 aromatic rings. The SMILES string of the molecule is Cl.N#Cc1cc(Br)c(O)c([C@@H](N)C2CCC2)c1. The predicted molar refractivity (Wildman–Crippen MR) is 72.0 cm³/mol. The molecule has 1 aliphatic rings. The third kappa shape index (κ3) is 2.74. The molecule has 0 saturated heterocycles. The van der Waals surface area contributed by atoms with E-state index in [0.29, 0.717) is 21.5 Å². The number of nitriles is 1. The first kappa shape index (κ1) is 14.3. The zero-order valence-electron chi connectivity index (χ0n) is 9.19. The number of hydrogen-bond acceptors (Lipinski definition) is 3. The minimum Gasteiger partial charge on any atom is -0.506 e. The van der Waals surface area contributed by atoms with E-state index in [1.807, 2.05) is 0 Å². The zero-order chi connectivity index (χ0) is 11.7. The van der Waals surface area contributed by atoms with Gasteiger partial charge < -0.3 is 10.8 Å². The van der Waals surface area contributed by atoms with Crippen molar-refractivity contribution in [1.29, 1.82) is 5.26 Å². The number of rotatable bonds is 2. The lowest BCUT2D eigenvalue weighted by Crippen LogP contribution is -2.27. The van der Waals surface area contributed by atoms with E-state index in [4.69, 9.17) is 11.0 Å². The summed E-state index contributed by atoms with van der Waals surface area (Å²) in [4.78, 5) is 0. The summed E-state index contributed by atoms with van der Waals surface area (Å²) in [5.74, 6) is 0.602. The van der Waals surface area contributed by atoms with Crippen LogP contribution in [-0.4, -0.2) is 5.11 Å². The zero-order valence-corrected chi connectivity index (χ0v) is 11.6. The average molecular weight is 318 g/mol. The highest BCUT2D eigenvalue weighted by atomic mass is 79.9. The van der Waals surface area contributed by atoms with E-state index in [0.717, 1.165) is 12.8 Å². The van der Waals surface area contributed by atoms with Crippen LogP contribution in [0.15, 0.2) is 16.6 Å². The maximum absolute atomic E-state index is 9.92. The fourth-order valence-corrected chi connectivity index (χ4v) is 2.47.